The van der Waals surface area contributed by atoms with Gasteiger partial charge >= 0.3 is 0 Å². The summed E-state index contributed by atoms with van der Waals surface area (Å²) in [6, 6.07) is 4.60. The molecule has 0 bridgehead atoms. The smallest absolute Gasteiger partial charge is 0.294 e. The van der Waals surface area contributed by atoms with Crippen LogP contribution in [0.5, 0.6) is 5.75 Å². The first-order valence-corrected chi connectivity index (χ1v) is 15.4. The molecule has 0 spiro atoms. The zero-order valence-corrected chi connectivity index (χ0v) is 25.1. The van der Waals surface area contributed by atoms with Gasteiger partial charge in [-0.15, -0.1) is 10.1 Å². The van der Waals surface area contributed by atoms with Crippen molar-refractivity contribution in [2.45, 2.75) is 38.0 Å². The van der Waals surface area contributed by atoms with Gasteiger partial charge in [0.25, 0.3) is 10.6 Å². The molecule has 4 rings (SSSR count). The topological polar surface area (TPSA) is 165 Å². The number of sulfonamides is 1. The first kappa shape index (κ1) is 31.1. The summed E-state index contributed by atoms with van der Waals surface area (Å²) in [7, 11) is -0.396. The minimum atomic E-state index is -3.87. The second-order valence-corrected chi connectivity index (χ2v) is 11.9. The third kappa shape index (κ3) is 6.47. The van der Waals surface area contributed by atoms with Crippen molar-refractivity contribution >= 4 is 27.3 Å². The van der Waals surface area contributed by atoms with Crippen molar-refractivity contribution in [3.8, 4) is 17.1 Å². The molecule has 0 radical (unpaired) electrons. The van der Waals surface area contributed by atoms with E-state index in [-0.39, 0.29) is 36.0 Å². The van der Waals surface area contributed by atoms with Crippen molar-refractivity contribution in [1.29, 1.82) is 0 Å². The maximum atomic E-state index is 13.7. The second kappa shape index (κ2) is 13.4. The fraction of sp³-hybridized carbons (Fsp3) is 0.519. The zero-order valence-electron chi connectivity index (χ0n) is 24.3. The van der Waals surface area contributed by atoms with Crippen LogP contribution < -0.4 is 10.3 Å². The molecule has 42 heavy (non-hydrogen) atoms. The summed E-state index contributed by atoms with van der Waals surface area (Å²) in [4.78, 5) is 42.0. The molecule has 15 heteroatoms. The van der Waals surface area contributed by atoms with Gasteiger partial charge in [0.1, 0.15) is 22.6 Å². The molecular weight excluding hydrogens is 566 g/mol. The van der Waals surface area contributed by atoms with Crippen LogP contribution in [0.2, 0.25) is 0 Å². The fourth-order valence-corrected chi connectivity index (χ4v) is 6.70. The summed E-state index contributed by atoms with van der Waals surface area (Å²) in [5.41, 5.74) is 2.69. The van der Waals surface area contributed by atoms with E-state index in [1.54, 1.807) is 30.9 Å². The van der Waals surface area contributed by atoms with Gasteiger partial charge in [0.2, 0.25) is 10.0 Å². The third-order valence-electron chi connectivity index (χ3n) is 7.23. The number of aliphatic imine (C=N–C) groups is 1. The molecule has 1 aliphatic rings. The van der Waals surface area contributed by atoms with E-state index < -0.39 is 15.1 Å². The normalized spacial score (nSPS) is 15.0. The Morgan fingerprint density at radius 2 is 1.95 bits per heavy atom. The van der Waals surface area contributed by atoms with Crippen LogP contribution in [0.3, 0.4) is 0 Å². The van der Waals surface area contributed by atoms with E-state index in [9.17, 15) is 23.3 Å². The Morgan fingerprint density at radius 3 is 2.60 bits per heavy atom. The van der Waals surface area contributed by atoms with E-state index in [0.29, 0.717) is 61.4 Å². The molecule has 14 nitrogen and oxygen atoms in total. The molecule has 1 fully saturated rings. The number of H-pyrrole nitrogens is 1. The molecule has 0 amide bonds. The fourth-order valence-electron chi connectivity index (χ4n) is 5.25. The average Bonchev–Trinajstić information content (AvgIpc) is 3.22. The van der Waals surface area contributed by atoms with E-state index in [4.69, 9.17) is 9.72 Å². The Labute approximate surface area is 244 Å². The number of aryl methyl sites for hydroxylation is 2. The molecule has 0 saturated carbocycles. The van der Waals surface area contributed by atoms with Crippen molar-refractivity contribution in [2.24, 2.45) is 12.0 Å². The van der Waals surface area contributed by atoms with Gasteiger partial charge in [-0.05, 0) is 38.0 Å². The van der Waals surface area contributed by atoms with Crippen molar-refractivity contribution in [3.63, 3.8) is 0 Å². The summed E-state index contributed by atoms with van der Waals surface area (Å²) >= 11 is 0. The zero-order chi connectivity index (χ0) is 30.4. The first-order chi connectivity index (χ1) is 20.1. The van der Waals surface area contributed by atoms with E-state index in [1.165, 1.54) is 16.4 Å². The van der Waals surface area contributed by atoms with Crippen LogP contribution in [0.25, 0.3) is 22.4 Å². The Hall–Kier alpha value is -3.82. The Kier molecular flexibility index (Phi) is 9.96. The molecule has 1 saturated heterocycles. The van der Waals surface area contributed by atoms with Gasteiger partial charge in [-0.25, -0.2) is 13.4 Å². The largest absolute Gasteiger partial charge is 0.493 e. The van der Waals surface area contributed by atoms with Gasteiger partial charge in [0, 0.05) is 58.6 Å². The standard InChI is InChI=1S/C27H37N7O7S/c1-5-8-20-22(18-28-3)31(4)25-24(20)29-26(30-27(25)35)21-17-19(9-10-23(21)40-6-2)42(38,39)33-14-12-32(13-15-33)11-7-16-41-34(36)37/h9-10,17-18H,5-8,11-16H2,1-4H3,(H,29,30,35). The van der Waals surface area contributed by atoms with Crippen molar-refractivity contribution in [2.75, 3.05) is 53.0 Å². The number of hydrogen-bond acceptors (Lipinski definition) is 10. The van der Waals surface area contributed by atoms with E-state index in [1.807, 2.05) is 18.7 Å². The molecule has 228 valence electrons. The number of ether oxygens (including phenoxy) is 1. The van der Waals surface area contributed by atoms with Crippen LogP contribution in [0, 0.1) is 10.1 Å². The predicted molar refractivity (Wildman–Crippen MR) is 158 cm³/mol. The number of rotatable bonds is 13. The molecule has 0 aliphatic carbocycles. The molecule has 2 aromatic heterocycles. The van der Waals surface area contributed by atoms with Crippen LogP contribution in [0.1, 0.15) is 37.9 Å². The molecular formula is C27H37N7O7S. The van der Waals surface area contributed by atoms with Crippen LogP contribution >= 0.6 is 0 Å². The second-order valence-electron chi connectivity index (χ2n) is 9.92. The lowest BCUT2D eigenvalue weighted by molar-refractivity contribution is -0.757. The summed E-state index contributed by atoms with van der Waals surface area (Å²) in [6.07, 6.45) is 3.71. The van der Waals surface area contributed by atoms with Crippen molar-refractivity contribution in [1.82, 2.24) is 23.7 Å². The lowest BCUT2D eigenvalue weighted by atomic mass is 10.1. The number of piperazine rings is 1. The summed E-state index contributed by atoms with van der Waals surface area (Å²) in [5, 5.41) is 9.51. The van der Waals surface area contributed by atoms with E-state index in [2.05, 4.69) is 14.8 Å². The quantitative estimate of drug-likeness (QED) is 0.133. The Bertz CT molecular complexity index is 1620. The lowest BCUT2D eigenvalue weighted by Crippen LogP contribution is -2.48. The minimum absolute atomic E-state index is 0.00118. The van der Waals surface area contributed by atoms with Gasteiger partial charge in [0.05, 0.1) is 29.4 Å². The highest BCUT2D eigenvalue weighted by Gasteiger charge is 2.30. The number of benzene rings is 1. The van der Waals surface area contributed by atoms with Gasteiger partial charge in [-0.2, -0.15) is 4.31 Å². The van der Waals surface area contributed by atoms with Crippen LogP contribution in [-0.4, -0.2) is 96.4 Å². The summed E-state index contributed by atoms with van der Waals surface area (Å²) in [6.45, 7) is 6.30. The minimum Gasteiger partial charge on any atom is -0.493 e. The van der Waals surface area contributed by atoms with E-state index >= 15 is 0 Å². The van der Waals surface area contributed by atoms with Gasteiger partial charge in [0.15, 0.2) is 0 Å². The van der Waals surface area contributed by atoms with Crippen LogP contribution in [0.15, 0.2) is 32.9 Å². The van der Waals surface area contributed by atoms with E-state index in [0.717, 1.165) is 17.7 Å². The van der Waals surface area contributed by atoms with Crippen molar-refractivity contribution < 1.29 is 23.1 Å². The average molecular weight is 604 g/mol. The van der Waals surface area contributed by atoms with Crippen LogP contribution in [-0.2, 0) is 28.3 Å². The SMILES string of the molecule is CCCc1c(C=NC)n(C)c2c(=O)[nH]c(-c3cc(S(=O)(=O)N4CCN(CCCO[N+](=O)[O-])CC4)ccc3OCC)nc12. The predicted octanol–water partition coefficient (Wildman–Crippen LogP) is 2.23. The van der Waals surface area contributed by atoms with Gasteiger partial charge < -0.3 is 24.0 Å². The number of nitrogens with one attached hydrogen (secondary N) is 1. The maximum absolute atomic E-state index is 13.7. The highest BCUT2D eigenvalue weighted by atomic mass is 32.2. The number of aromatic amines is 1. The summed E-state index contributed by atoms with van der Waals surface area (Å²) < 4.78 is 36.4. The number of aromatic nitrogens is 3. The van der Waals surface area contributed by atoms with Gasteiger partial charge in [-0.3, -0.25) is 9.79 Å². The molecule has 1 aromatic carbocycles. The molecule has 3 heterocycles. The first-order valence-electron chi connectivity index (χ1n) is 13.9. The molecule has 0 atom stereocenters. The molecule has 0 unspecified atom stereocenters. The Balaban J connectivity index is 1.67. The number of hydrogen-bond donors (Lipinski definition) is 1. The molecule has 1 N–H and O–H groups in total. The number of fused-ring (bicyclic) bond motifs is 1. The Morgan fingerprint density at radius 1 is 1.21 bits per heavy atom. The van der Waals surface area contributed by atoms with Crippen molar-refractivity contribution in [3.05, 3.63) is 49.9 Å². The maximum Gasteiger partial charge on any atom is 0.294 e. The molecule has 3 aromatic rings. The highest BCUT2D eigenvalue weighted by molar-refractivity contribution is 7.89. The number of nitrogens with zero attached hydrogens (tertiary/aromatic N) is 6. The lowest BCUT2D eigenvalue weighted by Gasteiger charge is -2.34. The third-order valence-corrected chi connectivity index (χ3v) is 9.12. The highest BCUT2D eigenvalue weighted by Crippen LogP contribution is 2.33. The monoisotopic (exact) mass is 603 g/mol. The van der Waals surface area contributed by atoms with Crippen LogP contribution in [0.4, 0.5) is 0 Å². The molecule has 1 aliphatic heterocycles. The summed E-state index contributed by atoms with van der Waals surface area (Å²) in [5.74, 6) is 0.627. The van der Waals surface area contributed by atoms with Gasteiger partial charge in [-0.1, -0.05) is 13.3 Å².